The van der Waals surface area contributed by atoms with Gasteiger partial charge in [-0.25, -0.2) is 9.78 Å². The van der Waals surface area contributed by atoms with Crippen LogP contribution < -0.4 is 15.5 Å². The highest BCUT2D eigenvalue weighted by molar-refractivity contribution is 5.93. The largest absolute Gasteiger partial charge is 0.368 e. The summed E-state index contributed by atoms with van der Waals surface area (Å²) >= 11 is 0. The number of carbonyl (C=O) groups excluding carboxylic acids is 2. The first-order valence-corrected chi connectivity index (χ1v) is 10.8. The Hall–Kier alpha value is -3.13. The molecule has 2 aliphatic heterocycles. The lowest BCUT2D eigenvalue weighted by Gasteiger charge is -2.36. The third-order valence-corrected chi connectivity index (χ3v) is 6.08. The zero-order valence-corrected chi connectivity index (χ0v) is 18.4. The minimum Gasteiger partial charge on any atom is -0.368 e. The monoisotopic (exact) mass is 422 g/mol. The van der Waals surface area contributed by atoms with Gasteiger partial charge in [0.1, 0.15) is 5.69 Å². The molecule has 1 aromatic heterocycles. The topological polar surface area (TPSA) is 80.8 Å². The summed E-state index contributed by atoms with van der Waals surface area (Å²) in [6.07, 6.45) is 0. The average molecular weight is 423 g/mol. The van der Waals surface area contributed by atoms with Crippen molar-refractivity contribution in [1.29, 1.82) is 0 Å². The molecule has 31 heavy (non-hydrogen) atoms. The Labute approximate surface area is 183 Å². The van der Waals surface area contributed by atoms with E-state index in [2.05, 4.69) is 43.6 Å². The van der Waals surface area contributed by atoms with Gasteiger partial charge in [-0.1, -0.05) is 12.1 Å². The first-order valence-electron chi connectivity index (χ1n) is 10.8. The molecule has 4 rings (SSSR count). The molecule has 1 fully saturated rings. The first kappa shape index (κ1) is 21.1. The lowest BCUT2D eigenvalue weighted by molar-refractivity contribution is 0.0958. The highest BCUT2D eigenvalue weighted by Crippen LogP contribution is 2.26. The molecule has 1 saturated heterocycles. The predicted octanol–water partition coefficient (Wildman–Crippen LogP) is 2.44. The van der Waals surface area contributed by atoms with E-state index in [1.54, 1.807) is 18.0 Å². The van der Waals surface area contributed by atoms with Crippen LogP contribution in [-0.2, 0) is 13.1 Å². The van der Waals surface area contributed by atoms with Gasteiger partial charge in [0.05, 0.1) is 11.4 Å². The van der Waals surface area contributed by atoms with Crippen molar-refractivity contribution in [2.75, 3.05) is 50.0 Å². The van der Waals surface area contributed by atoms with E-state index < -0.39 is 0 Å². The van der Waals surface area contributed by atoms with E-state index in [0.717, 1.165) is 55.4 Å². The number of hydrogen-bond acceptors (Lipinski definition) is 5. The van der Waals surface area contributed by atoms with Crippen molar-refractivity contribution in [3.8, 4) is 0 Å². The zero-order valence-electron chi connectivity index (χ0n) is 18.4. The molecule has 8 nitrogen and oxygen atoms in total. The van der Waals surface area contributed by atoms with Crippen LogP contribution in [0.5, 0.6) is 0 Å². The van der Waals surface area contributed by atoms with Crippen LogP contribution in [0, 0.1) is 6.92 Å². The zero-order chi connectivity index (χ0) is 22.0. The van der Waals surface area contributed by atoms with Gasteiger partial charge in [0.15, 0.2) is 0 Å². The van der Waals surface area contributed by atoms with Gasteiger partial charge < -0.3 is 20.4 Å². The number of nitrogens with zero attached hydrogens (tertiary/aromatic N) is 4. The molecule has 0 radical (unpaired) electrons. The molecule has 0 atom stereocenters. The highest BCUT2D eigenvalue weighted by Gasteiger charge is 2.23. The first-order chi connectivity index (χ1) is 15.0. The number of amides is 3. The maximum absolute atomic E-state index is 12.1. The quantitative estimate of drug-likeness (QED) is 0.774. The molecule has 0 saturated carbocycles. The van der Waals surface area contributed by atoms with Crippen LogP contribution in [0.3, 0.4) is 0 Å². The fourth-order valence-electron chi connectivity index (χ4n) is 4.25. The van der Waals surface area contributed by atoms with Crippen molar-refractivity contribution in [1.82, 2.24) is 20.1 Å². The normalized spacial score (nSPS) is 16.7. The maximum atomic E-state index is 12.1. The van der Waals surface area contributed by atoms with Gasteiger partial charge in [-0.15, -0.1) is 0 Å². The number of aromatic nitrogens is 1. The lowest BCUT2D eigenvalue weighted by atomic mass is 10.1. The molecule has 0 aliphatic carbocycles. The summed E-state index contributed by atoms with van der Waals surface area (Å²) in [5.41, 5.74) is 5.72. The van der Waals surface area contributed by atoms with Crippen LogP contribution in [0.4, 0.5) is 16.2 Å². The summed E-state index contributed by atoms with van der Waals surface area (Å²) in [5, 5.41) is 5.63. The highest BCUT2D eigenvalue weighted by atomic mass is 16.2. The molecule has 3 heterocycles. The lowest BCUT2D eigenvalue weighted by Crippen LogP contribution is -2.46. The number of rotatable bonds is 5. The van der Waals surface area contributed by atoms with Crippen LogP contribution in [0.25, 0.3) is 0 Å². The van der Waals surface area contributed by atoms with Crippen LogP contribution in [0.1, 0.15) is 34.2 Å². The minimum absolute atomic E-state index is 0.0211. The Morgan fingerprint density at radius 3 is 2.61 bits per heavy atom. The number of pyridine rings is 1. The van der Waals surface area contributed by atoms with E-state index in [9.17, 15) is 9.59 Å². The summed E-state index contributed by atoms with van der Waals surface area (Å²) in [6.45, 7) is 9.91. The maximum Gasteiger partial charge on any atom is 0.322 e. The smallest absolute Gasteiger partial charge is 0.322 e. The molecular weight excluding hydrogens is 392 g/mol. The summed E-state index contributed by atoms with van der Waals surface area (Å²) in [4.78, 5) is 35.0. The predicted molar refractivity (Wildman–Crippen MR) is 121 cm³/mol. The van der Waals surface area contributed by atoms with Gasteiger partial charge in [0.25, 0.3) is 5.91 Å². The Bertz CT molecular complexity index is 984. The molecule has 1 aromatic carbocycles. The number of carbonyl (C=O) groups is 2. The molecule has 2 N–H and O–H groups in total. The SMILES string of the molecule is CCN1Cc2ccc(CN3CCN(c4ccc(C(=O)NC)nc4C)CC3)cc2NC1=O. The number of anilines is 2. The Kier molecular flexibility index (Phi) is 6.08. The van der Waals surface area contributed by atoms with Crippen molar-refractivity contribution in [3.05, 3.63) is 52.8 Å². The van der Waals surface area contributed by atoms with Crippen molar-refractivity contribution >= 4 is 23.3 Å². The van der Waals surface area contributed by atoms with E-state index in [1.165, 1.54) is 5.56 Å². The Balaban J connectivity index is 1.36. The van der Waals surface area contributed by atoms with E-state index in [4.69, 9.17) is 0 Å². The Morgan fingerprint density at radius 2 is 1.94 bits per heavy atom. The summed E-state index contributed by atoms with van der Waals surface area (Å²) in [5.74, 6) is -0.164. The summed E-state index contributed by atoms with van der Waals surface area (Å²) in [6, 6.07) is 10.2. The number of aryl methyl sites for hydroxylation is 1. The summed E-state index contributed by atoms with van der Waals surface area (Å²) in [7, 11) is 1.61. The second-order valence-electron chi connectivity index (χ2n) is 8.08. The molecule has 0 spiro atoms. The standard InChI is InChI=1S/C23H30N6O2/c1-4-28-15-18-6-5-17(13-20(18)26-23(28)31)14-27-9-11-29(12-10-27)21-8-7-19(22(30)24-3)25-16(21)2/h5-8,13H,4,9-12,14-15H2,1-3H3,(H,24,30)(H,26,31). The van der Waals surface area contributed by atoms with E-state index in [-0.39, 0.29) is 11.9 Å². The van der Waals surface area contributed by atoms with Crippen LogP contribution in [-0.4, -0.2) is 66.5 Å². The van der Waals surface area contributed by atoms with Crippen LogP contribution in [0.2, 0.25) is 0 Å². The fourth-order valence-corrected chi connectivity index (χ4v) is 4.25. The molecule has 0 bridgehead atoms. The van der Waals surface area contributed by atoms with E-state index in [1.807, 2.05) is 19.9 Å². The molecule has 8 heteroatoms. The second kappa shape index (κ2) is 8.93. The molecular formula is C23H30N6O2. The average Bonchev–Trinajstić information content (AvgIpc) is 2.78. The van der Waals surface area contributed by atoms with E-state index in [0.29, 0.717) is 18.8 Å². The molecule has 2 aliphatic rings. The van der Waals surface area contributed by atoms with Crippen LogP contribution in [0.15, 0.2) is 30.3 Å². The molecule has 0 unspecified atom stereocenters. The number of piperazine rings is 1. The fraction of sp³-hybridized carbons (Fsp3) is 0.435. The van der Waals surface area contributed by atoms with E-state index >= 15 is 0 Å². The minimum atomic E-state index is -0.164. The number of benzene rings is 1. The van der Waals surface area contributed by atoms with Gasteiger partial charge in [0.2, 0.25) is 0 Å². The Morgan fingerprint density at radius 1 is 1.16 bits per heavy atom. The van der Waals surface area contributed by atoms with Gasteiger partial charge in [0, 0.05) is 58.5 Å². The molecule has 2 aromatic rings. The van der Waals surface area contributed by atoms with Crippen molar-refractivity contribution < 1.29 is 9.59 Å². The van der Waals surface area contributed by atoms with Crippen molar-refractivity contribution in [2.45, 2.75) is 26.9 Å². The van der Waals surface area contributed by atoms with Gasteiger partial charge in [-0.05, 0) is 43.2 Å². The number of nitrogens with one attached hydrogen (secondary N) is 2. The number of urea groups is 1. The van der Waals surface area contributed by atoms with Gasteiger partial charge in [-0.2, -0.15) is 0 Å². The van der Waals surface area contributed by atoms with Crippen molar-refractivity contribution in [3.63, 3.8) is 0 Å². The molecule has 164 valence electrons. The van der Waals surface area contributed by atoms with Crippen LogP contribution >= 0.6 is 0 Å². The summed E-state index contributed by atoms with van der Waals surface area (Å²) < 4.78 is 0. The van der Waals surface area contributed by atoms with Crippen molar-refractivity contribution in [2.24, 2.45) is 0 Å². The van der Waals surface area contributed by atoms with Gasteiger partial charge in [-0.3, -0.25) is 9.69 Å². The number of fused-ring (bicyclic) bond motifs is 1. The second-order valence-corrected chi connectivity index (χ2v) is 8.08. The number of hydrogen-bond donors (Lipinski definition) is 2. The third kappa shape index (κ3) is 4.49. The molecule has 3 amide bonds. The third-order valence-electron chi connectivity index (χ3n) is 6.08. The van der Waals surface area contributed by atoms with Gasteiger partial charge >= 0.3 is 6.03 Å².